The Morgan fingerprint density at radius 3 is 3.15 bits per heavy atom. The number of hydrogen-bond acceptors (Lipinski definition) is 3. The highest BCUT2D eigenvalue weighted by molar-refractivity contribution is 7.99. The number of nitrogens with zero attached hydrogens (tertiary/aromatic N) is 3. The van der Waals surface area contributed by atoms with E-state index in [1.54, 1.807) is 18.1 Å². The van der Waals surface area contributed by atoms with Crippen molar-refractivity contribution in [2.24, 2.45) is 0 Å². The van der Waals surface area contributed by atoms with Crippen molar-refractivity contribution in [1.29, 1.82) is 0 Å². The second-order valence-corrected chi connectivity index (χ2v) is 4.53. The molecule has 0 spiro atoms. The highest BCUT2D eigenvalue weighted by Gasteiger charge is 2.26. The Balaban J connectivity index is 2.02. The monoisotopic (exact) mass is 215 g/mol. The molecule has 0 N–H and O–H groups in total. The first-order valence-corrected chi connectivity index (χ1v) is 5.49. The number of rotatable bonds is 4. The van der Waals surface area contributed by atoms with E-state index in [0.29, 0.717) is 16.8 Å². The Kier molecular flexibility index (Phi) is 2.60. The number of halogens is 1. The smallest absolute Gasteiger partial charge is 0.191 e. The third-order valence-electron chi connectivity index (χ3n) is 1.84. The van der Waals surface area contributed by atoms with Gasteiger partial charge in [-0.25, -0.2) is 0 Å². The van der Waals surface area contributed by atoms with Crippen molar-refractivity contribution in [2.75, 3.05) is 5.75 Å². The van der Waals surface area contributed by atoms with Gasteiger partial charge in [-0.1, -0.05) is 29.9 Å². The molecule has 0 amide bonds. The third-order valence-corrected chi connectivity index (χ3v) is 3.17. The minimum absolute atomic E-state index is 0.626. The molecule has 1 aromatic heterocycles. The lowest BCUT2D eigenvalue weighted by atomic mass is 10.7. The first-order chi connectivity index (χ1) is 6.27. The Morgan fingerprint density at radius 2 is 2.54 bits per heavy atom. The number of hydrogen-bond donors (Lipinski definition) is 0. The van der Waals surface area contributed by atoms with Crippen LogP contribution < -0.4 is 0 Å². The molecule has 3 nitrogen and oxygen atoms in total. The van der Waals surface area contributed by atoms with Gasteiger partial charge in [0.05, 0.1) is 0 Å². The van der Waals surface area contributed by atoms with Crippen molar-refractivity contribution in [3.05, 3.63) is 17.9 Å². The Morgan fingerprint density at radius 1 is 1.77 bits per heavy atom. The zero-order valence-electron chi connectivity index (χ0n) is 7.11. The lowest BCUT2D eigenvalue weighted by Gasteiger charge is -2.02. The molecule has 0 saturated heterocycles. The van der Waals surface area contributed by atoms with Crippen LogP contribution in [-0.4, -0.2) is 20.5 Å². The van der Waals surface area contributed by atoms with Gasteiger partial charge in [0.15, 0.2) is 5.16 Å². The van der Waals surface area contributed by atoms with Crippen LogP contribution in [0.3, 0.4) is 0 Å². The van der Waals surface area contributed by atoms with Gasteiger partial charge in [0.2, 0.25) is 0 Å². The van der Waals surface area contributed by atoms with Gasteiger partial charge in [0, 0.05) is 16.8 Å². The van der Waals surface area contributed by atoms with Crippen molar-refractivity contribution < 1.29 is 0 Å². The fourth-order valence-electron chi connectivity index (χ4n) is 1.08. The summed E-state index contributed by atoms with van der Waals surface area (Å²) in [5, 5.41) is 9.50. The molecular weight excluding hydrogens is 206 g/mol. The van der Waals surface area contributed by atoms with Crippen molar-refractivity contribution >= 4 is 23.4 Å². The zero-order chi connectivity index (χ0) is 9.26. The summed E-state index contributed by atoms with van der Waals surface area (Å²) >= 11 is 7.26. The quantitative estimate of drug-likeness (QED) is 0.723. The Bertz CT molecular complexity index is 319. The normalized spacial score (nSPS) is 16.1. The summed E-state index contributed by atoms with van der Waals surface area (Å²) in [6, 6.07) is 0.626. The summed E-state index contributed by atoms with van der Waals surface area (Å²) in [4.78, 5) is 0. The summed E-state index contributed by atoms with van der Waals surface area (Å²) in [5.41, 5.74) is 0. The second kappa shape index (κ2) is 3.72. The van der Waals surface area contributed by atoms with Crippen LogP contribution in [0.1, 0.15) is 18.9 Å². The molecule has 1 aliphatic carbocycles. The van der Waals surface area contributed by atoms with Crippen LogP contribution in [0.2, 0.25) is 0 Å². The molecule has 0 aliphatic heterocycles. The minimum Gasteiger partial charge on any atom is -0.306 e. The van der Waals surface area contributed by atoms with Crippen molar-refractivity contribution in [2.45, 2.75) is 24.0 Å². The molecule has 0 radical (unpaired) electrons. The van der Waals surface area contributed by atoms with E-state index in [2.05, 4.69) is 21.3 Å². The van der Waals surface area contributed by atoms with Crippen LogP contribution >= 0.6 is 23.4 Å². The third kappa shape index (κ3) is 2.25. The van der Waals surface area contributed by atoms with Crippen molar-refractivity contribution in [1.82, 2.24) is 14.8 Å². The fraction of sp³-hybridized carbons (Fsp3) is 0.500. The highest BCUT2D eigenvalue weighted by atomic mass is 35.5. The molecule has 1 saturated carbocycles. The molecule has 0 unspecified atom stereocenters. The average Bonchev–Trinajstić information content (AvgIpc) is 2.82. The van der Waals surface area contributed by atoms with Gasteiger partial charge in [-0.15, -0.1) is 10.2 Å². The molecule has 1 heterocycles. The summed E-state index contributed by atoms with van der Waals surface area (Å²) in [6.07, 6.45) is 4.28. The van der Waals surface area contributed by atoms with Gasteiger partial charge in [0.25, 0.3) is 0 Å². The van der Waals surface area contributed by atoms with E-state index in [-0.39, 0.29) is 0 Å². The SMILES string of the molecule is C=C(Cl)CSc1nncn1C1CC1. The van der Waals surface area contributed by atoms with E-state index in [0.717, 1.165) is 5.16 Å². The second-order valence-electron chi connectivity index (χ2n) is 3.06. The Labute approximate surface area is 86.2 Å². The summed E-state index contributed by atoms with van der Waals surface area (Å²) < 4.78 is 2.12. The maximum Gasteiger partial charge on any atom is 0.191 e. The van der Waals surface area contributed by atoms with Gasteiger partial charge in [-0.2, -0.15) is 0 Å². The molecular formula is C8H10ClN3S. The molecule has 0 aromatic carbocycles. The molecule has 13 heavy (non-hydrogen) atoms. The molecule has 0 atom stereocenters. The first-order valence-electron chi connectivity index (χ1n) is 4.13. The first kappa shape index (κ1) is 9.09. The predicted molar refractivity (Wildman–Crippen MR) is 54.0 cm³/mol. The average molecular weight is 216 g/mol. The van der Waals surface area contributed by atoms with E-state index in [1.807, 2.05) is 0 Å². The van der Waals surface area contributed by atoms with E-state index in [9.17, 15) is 0 Å². The zero-order valence-corrected chi connectivity index (χ0v) is 8.68. The summed E-state index contributed by atoms with van der Waals surface area (Å²) in [7, 11) is 0. The molecule has 70 valence electrons. The summed E-state index contributed by atoms with van der Waals surface area (Å²) in [5.74, 6) is 0.701. The van der Waals surface area contributed by atoms with Gasteiger partial charge < -0.3 is 4.57 Å². The largest absolute Gasteiger partial charge is 0.306 e. The maximum atomic E-state index is 5.67. The van der Waals surface area contributed by atoms with Crippen LogP contribution in [0.25, 0.3) is 0 Å². The van der Waals surface area contributed by atoms with Crippen molar-refractivity contribution in [3.8, 4) is 0 Å². The lowest BCUT2D eigenvalue weighted by Crippen LogP contribution is -1.94. The van der Waals surface area contributed by atoms with Gasteiger partial charge in [0.1, 0.15) is 6.33 Å². The van der Waals surface area contributed by atoms with Crippen LogP contribution in [0.5, 0.6) is 0 Å². The molecule has 0 bridgehead atoms. The molecule has 2 rings (SSSR count). The lowest BCUT2D eigenvalue weighted by molar-refractivity contribution is 0.663. The van der Waals surface area contributed by atoms with Gasteiger partial charge >= 0.3 is 0 Å². The molecule has 1 aliphatic rings. The molecule has 1 fully saturated rings. The maximum absolute atomic E-state index is 5.67. The number of thioether (sulfide) groups is 1. The van der Waals surface area contributed by atoms with Gasteiger partial charge in [-0.05, 0) is 12.8 Å². The van der Waals surface area contributed by atoms with Gasteiger partial charge in [-0.3, -0.25) is 0 Å². The topological polar surface area (TPSA) is 30.7 Å². The van der Waals surface area contributed by atoms with E-state index in [4.69, 9.17) is 11.6 Å². The molecule has 5 heteroatoms. The Hall–Kier alpha value is -0.480. The van der Waals surface area contributed by atoms with Crippen LogP contribution in [0.15, 0.2) is 23.1 Å². The van der Waals surface area contributed by atoms with Crippen molar-refractivity contribution in [3.63, 3.8) is 0 Å². The van der Waals surface area contributed by atoms with Crippen LogP contribution in [-0.2, 0) is 0 Å². The van der Waals surface area contributed by atoms with E-state index in [1.165, 1.54) is 12.8 Å². The molecule has 1 aromatic rings. The standard InChI is InChI=1S/C8H10ClN3S/c1-6(9)4-13-8-11-10-5-12(8)7-2-3-7/h5,7H,1-4H2. The summed E-state index contributed by atoms with van der Waals surface area (Å²) in [6.45, 7) is 3.63. The van der Waals surface area contributed by atoms with Crippen LogP contribution in [0.4, 0.5) is 0 Å². The fourth-order valence-corrected chi connectivity index (χ4v) is 1.98. The highest BCUT2D eigenvalue weighted by Crippen LogP contribution is 2.37. The minimum atomic E-state index is 0.626. The number of aromatic nitrogens is 3. The predicted octanol–water partition coefficient (Wildman–Crippen LogP) is 2.46. The van der Waals surface area contributed by atoms with E-state index >= 15 is 0 Å². The van der Waals surface area contributed by atoms with Crippen LogP contribution in [0, 0.1) is 0 Å². The van der Waals surface area contributed by atoms with E-state index < -0.39 is 0 Å².